The minimum atomic E-state index is -0.118. The Morgan fingerprint density at radius 1 is 1.44 bits per heavy atom. The molecule has 4 nitrogen and oxygen atoms in total. The third-order valence-electron chi connectivity index (χ3n) is 3.53. The van der Waals surface area contributed by atoms with Gasteiger partial charge in [-0.1, -0.05) is 13.0 Å². The Morgan fingerprint density at radius 2 is 2.22 bits per heavy atom. The molecule has 98 valence electrons. The van der Waals surface area contributed by atoms with E-state index >= 15 is 0 Å². The van der Waals surface area contributed by atoms with Crippen LogP contribution in [0.15, 0.2) is 24.4 Å². The van der Waals surface area contributed by atoms with Crippen molar-refractivity contribution < 1.29 is 4.79 Å². The number of pyridine rings is 1. The molecule has 18 heavy (non-hydrogen) atoms. The number of carbonyl (C=O) groups excluding carboxylic acids is 1. The van der Waals surface area contributed by atoms with Crippen molar-refractivity contribution in [2.75, 3.05) is 13.1 Å². The summed E-state index contributed by atoms with van der Waals surface area (Å²) in [5.41, 5.74) is 0.933. The molecule has 2 rings (SSSR count). The molecule has 0 unspecified atom stereocenters. The highest BCUT2D eigenvalue weighted by atomic mass is 16.1. The molecular weight excluding hydrogens is 226 g/mol. The van der Waals surface area contributed by atoms with Gasteiger partial charge in [-0.2, -0.15) is 0 Å². The molecule has 0 saturated carbocycles. The van der Waals surface area contributed by atoms with E-state index in [9.17, 15) is 4.79 Å². The van der Waals surface area contributed by atoms with Crippen molar-refractivity contribution in [3.8, 4) is 0 Å². The summed E-state index contributed by atoms with van der Waals surface area (Å²) in [6, 6.07) is 5.95. The molecule has 1 fully saturated rings. The van der Waals surface area contributed by atoms with Crippen LogP contribution in [-0.4, -0.2) is 29.5 Å². The number of nitrogens with one attached hydrogen (secondary N) is 2. The molecule has 1 saturated heterocycles. The molecule has 1 aromatic heterocycles. The number of aromatic nitrogens is 1. The molecule has 0 atom stereocenters. The van der Waals surface area contributed by atoms with E-state index in [4.69, 9.17) is 0 Å². The van der Waals surface area contributed by atoms with Gasteiger partial charge in [-0.15, -0.1) is 0 Å². The monoisotopic (exact) mass is 247 g/mol. The van der Waals surface area contributed by atoms with Crippen molar-refractivity contribution in [2.24, 2.45) is 0 Å². The molecule has 1 aliphatic heterocycles. The molecule has 0 aromatic carbocycles. The van der Waals surface area contributed by atoms with Gasteiger partial charge in [0.2, 0.25) is 5.91 Å². The van der Waals surface area contributed by atoms with E-state index in [1.54, 1.807) is 0 Å². The van der Waals surface area contributed by atoms with Gasteiger partial charge < -0.3 is 10.6 Å². The maximum absolute atomic E-state index is 11.7. The predicted octanol–water partition coefficient (Wildman–Crippen LogP) is 1.27. The lowest BCUT2D eigenvalue weighted by molar-refractivity contribution is -0.123. The number of nitrogens with zero attached hydrogens (tertiary/aromatic N) is 1. The van der Waals surface area contributed by atoms with Gasteiger partial charge in [0.25, 0.3) is 0 Å². The van der Waals surface area contributed by atoms with Crippen molar-refractivity contribution >= 4 is 5.91 Å². The minimum Gasteiger partial charge on any atom is -0.350 e. The van der Waals surface area contributed by atoms with E-state index in [1.165, 1.54) is 0 Å². The van der Waals surface area contributed by atoms with Crippen molar-refractivity contribution in [3.05, 3.63) is 30.1 Å². The Labute approximate surface area is 108 Å². The zero-order valence-electron chi connectivity index (χ0n) is 10.9. The average molecular weight is 247 g/mol. The molecule has 0 radical (unpaired) electrons. The van der Waals surface area contributed by atoms with Crippen molar-refractivity contribution in [2.45, 2.75) is 38.1 Å². The lowest BCUT2D eigenvalue weighted by atomic mass is 9.83. The first kappa shape index (κ1) is 13.0. The number of amides is 1. The molecule has 2 heterocycles. The second-order valence-corrected chi connectivity index (χ2v) is 4.93. The molecule has 2 N–H and O–H groups in total. The molecule has 0 spiro atoms. The normalized spacial score (nSPS) is 18.3. The van der Waals surface area contributed by atoms with Gasteiger partial charge in [0.15, 0.2) is 0 Å². The largest absolute Gasteiger partial charge is 0.350 e. The second kappa shape index (κ2) is 5.96. The zero-order valence-corrected chi connectivity index (χ0v) is 10.9. The van der Waals surface area contributed by atoms with Crippen LogP contribution in [0.5, 0.6) is 0 Å². The summed E-state index contributed by atoms with van der Waals surface area (Å²) < 4.78 is 0. The van der Waals surface area contributed by atoms with E-state index in [1.807, 2.05) is 31.3 Å². The van der Waals surface area contributed by atoms with Gasteiger partial charge >= 0.3 is 0 Å². The van der Waals surface area contributed by atoms with Crippen LogP contribution >= 0.6 is 0 Å². The van der Waals surface area contributed by atoms with Crippen LogP contribution in [0.25, 0.3) is 0 Å². The molecule has 0 bridgehead atoms. The summed E-state index contributed by atoms with van der Waals surface area (Å²) >= 11 is 0. The first-order chi connectivity index (χ1) is 8.74. The van der Waals surface area contributed by atoms with Crippen molar-refractivity contribution in [3.63, 3.8) is 0 Å². The molecule has 1 aromatic rings. The number of hydrogen-bond acceptors (Lipinski definition) is 3. The van der Waals surface area contributed by atoms with Gasteiger partial charge in [0, 0.05) is 30.3 Å². The highest BCUT2D eigenvalue weighted by molar-refractivity contribution is 5.76. The summed E-state index contributed by atoms with van der Waals surface area (Å²) in [6.45, 7) is 3.80. The fourth-order valence-electron chi connectivity index (χ4n) is 2.48. The SMILES string of the molecule is CCC(=O)NC1(Cc2ccccn2)CCNCC1. The first-order valence-electron chi connectivity index (χ1n) is 6.66. The van der Waals surface area contributed by atoms with Crippen molar-refractivity contribution in [1.82, 2.24) is 15.6 Å². The summed E-state index contributed by atoms with van der Waals surface area (Å²) in [5, 5.41) is 6.56. The van der Waals surface area contributed by atoms with Crippen LogP contribution in [0, 0.1) is 0 Å². The predicted molar refractivity (Wildman–Crippen MR) is 71.2 cm³/mol. The maximum atomic E-state index is 11.7. The summed E-state index contributed by atoms with van der Waals surface area (Å²) in [4.78, 5) is 16.1. The molecule has 1 amide bonds. The van der Waals surface area contributed by atoms with E-state index in [0.29, 0.717) is 6.42 Å². The van der Waals surface area contributed by atoms with Gasteiger partial charge in [-0.3, -0.25) is 9.78 Å². The number of rotatable bonds is 4. The number of piperidine rings is 1. The Kier molecular flexibility index (Phi) is 4.31. The molecule has 4 heteroatoms. The van der Waals surface area contributed by atoms with Crippen LogP contribution in [0.1, 0.15) is 31.9 Å². The zero-order chi connectivity index (χ0) is 12.8. The topological polar surface area (TPSA) is 54.0 Å². The Hall–Kier alpha value is -1.42. The highest BCUT2D eigenvalue weighted by Crippen LogP contribution is 2.23. The molecule has 0 aliphatic carbocycles. The maximum Gasteiger partial charge on any atom is 0.220 e. The number of carbonyl (C=O) groups is 1. The van der Waals surface area contributed by atoms with Crippen LogP contribution in [0.2, 0.25) is 0 Å². The lowest BCUT2D eigenvalue weighted by Crippen LogP contribution is -2.55. The van der Waals surface area contributed by atoms with Crippen LogP contribution in [-0.2, 0) is 11.2 Å². The van der Waals surface area contributed by atoms with E-state index in [-0.39, 0.29) is 11.4 Å². The smallest absolute Gasteiger partial charge is 0.220 e. The minimum absolute atomic E-state index is 0.118. The standard InChI is InChI=1S/C14H21N3O/c1-2-13(18)17-14(6-9-15-10-7-14)11-12-5-3-4-8-16-12/h3-5,8,15H,2,6-7,9-11H2,1H3,(H,17,18). The Morgan fingerprint density at radius 3 is 2.83 bits per heavy atom. The van der Waals surface area contributed by atoms with E-state index in [2.05, 4.69) is 15.6 Å². The fourth-order valence-corrected chi connectivity index (χ4v) is 2.48. The average Bonchev–Trinajstić information content (AvgIpc) is 2.40. The summed E-state index contributed by atoms with van der Waals surface area (Å²) in [6.07, 6.45) is 5.11. The van der Waals surface area contributed by atoms with Gasteiger partial charge in [0.1, 0.15) is 0 Å². The number of hydrogen-bond donors (Lipinski definition) is 2. The first-order valence-corrected chi connectivity index (χ1v) is 6.66. The Balaban J connectivity index is 2.11. The Bertz CT molecular complexity index is 385. The summed E-state index contributed by atoms with van der Waals surface area (Å²) in [5.74, 6) is 0.132. The second-order valence-electron chi connectivity index (χ2n) is 4.93. The fraction of sp³-hybridized carbons (Fsp3) is 0.571. The van der Waals surface area contributed by atoms with Gasteiger partial charge in [0.05, 0.1) is 0 Å². The quantitative estimate of drug-likeness (QED) is 0.842. The third kappa shape index (κ3) is 3.29. The molecular formula is C14H21N3O. The summed E-state index contributed by atoms with van der Waals surface area (Å²) in [7, 11) is 0. The van der Waals surface area contributed by atoms with Crippen LogP contribution < -0.4 is 10.6 Å². The van der Waals surface area contributed by atoms with Crippen LogP contribution in [0.3, 0.4) is 0 Å². The van der Waals surface area contributed by atoms with E-state index in [0.717, 1.165) is 38.0 Å². The third-order valence-corrected chi connectivity index (χ3v) is 3.53. The lowest BCUT2D eigenvalue weighted by Gasteiger charge is -2.38. The van der Waals surface area contributed by atoms with Crippen LogP contribution in [0.4, 0.5) is 0 Å². The van der Waals surface area contributed by atoms with E-state index < -0.39 is 0 Å². The highest BCUT2D eigenvalue weighted by Gasteiger charge is 2.33. The van der Waals surface area contributed by atoms with Gasteiger partial charge in [-0.05, 0) is 38.1 Å². The van der Waals surface area contributed by atoms with Crippen molar-refractivity contribution in [1.29, 1.82) is 0 Å². The molecule has 1 aliphatic rings. The van der Waals surface area contributed by atoms with Gasteiger partial charge in [-0.25, -0.2) is 0 Å².